The normalized spacial score (nSPS) is 37.3. The van der Waals surface area contributed by atoms with E-state index < -0.39 is 59.4 Å². The Labute approximate surface area is 136 Å². The monoisotopic (exact) mass is 344 g/mol. The molecule has 134 valence electrons. The van der Waals surface area contributed by atoms with Crippen LogP contribution < -0.4 is 11.1 Å². The van der Waals surface area contributed by atoms with Crippen molar-refractivity contribution in [2.45, 2.75) is 50.2 Å². The molecule has 0 aromatic rings. The van der Waals surface area contributed by atoms with Crippen molar-refractivity contribution in [1.82, 2.24) is 5.32 Å². The lowest BCUT2D eigenvalue weighted by Crippen LogP contribution is -2.69. The van der Waals surface area contributed by atoms with Gasteiger partial charge in [0.25, 0.3) is 0 Å². The third kappa shape index (κ3) is 2.72. The van der Waals surface area contributed by atoms with Crippen molar-refractivity contribution in [2.75, 3.05) is 0 Å². The van der Waals surface area contributed by atoms with Crippen molar-refractivity contribution < 1.29 is 39.5 Å². The van der Waals surface area contributed by atoms with Crippen molar-refractivity contribution in [3.63, 3.8) is 0 Å². The highest BCUT2D eigenvalue weighted by Crippen LogP contribution is 2.42. The number of nitrogens with one attached hydrogen (secondary N) is 1. The predicted molar refractivity (Wildman–Crippen MR) is 77.5 cm³/mol. The first-order valence-electron chi connectivity index (χ1n) is 7.31. The van der Waals surface area contributed by atoms with Gasteiger partial charge in [-0.1, -0.05) is 0 Å². The van der Waals surface area contributed by atoms with Gasteiger partial charge >= 0.3 is 11.9 Å². The third-order valence-electron chi connectivity index (χ3n) is 4.42. The number of hydrogen-bond donors (Lipinski definition) is 6. The maximum absolute atomic E-state index is 12.1. The smallest absolute Gasteiger partial charge is 0.350 e. The summed E-state index contributed by atoms with van der Waals surface area (Å²) in [6, 6.07) is -2.43. The summed E-state index contributed by atoms with van der Waals surface area (Å²) in [6.07, 6.45) is -3.40. The van der Waals surface area contributed by atoms with Crippen LogP contribution in [0.2, 0.25) is 0 Å². The Morgan fingerprint density at radius 3 is 2.50 bits per heavy atom. The van der Waals surface area contributed by atoms with Crippen molar-refractivity contribution in [3.05, 3.63) is 11.3 Å². The third-order valence-corrected chi connectivity index (χ3v) is 4.42. The van der Waals surface area contributed by atoms with E-state index in [1.807, 2.05) is 0 Å². The largest absolute Gasteiger partial charge is 0.512 e. The topological polar surface area (TPSA) is 179 Å². The number of esters is 1. The van der Waals surface area contributed by atoms with Crippen LogP contribution in [-0.2, 0) is 19.1 Å². The van der Waals surface area contributed by atoms with Crippen LogP contribution in [-0.4, -0.2) is 68.2 Å². The fourth-order valence-corrected chi connectivity index (χ4v) is 2.99. The van der Waals surface area contributed by atoms with E-state index in [1.165, 1.54) is 6.92 Å². The molecule has 1 aliphatic heterocycles. The van der Waals surface area contributed by atoms with E-state index in [0.29, 0.717) is 0 Å². The number of aliphatic hydroxyl groups excluding tert-OH is 3. The van der Waals surface area contributed by atoms with Crippen LogP contribution in [0.15, 0.2) is 11.3 Å². The molecule has 1 unspecified atom stereocenters. The first-order chi connectivity index (χ1) is 11.0. The summed E-state index contributed by atoms with van der Waals surface area (Å²) in [7, 11) is 0. The van der Waals surface area contributed by atoms with Crippen molar-refractivity contribution in [3.8, 4) is 0 Å². The summed E-state index contributed by atoms with van der Waals surface area (Å²) in [5.41, 5.74) is 2.89. The molecule has 2 rings (SSSR count). The lowest BCUT2D eigenvalue weighted by atomic mass is 9.70. The highest BCUT2D eigenvalue weighted by atomic mass is 16.6. The molecule has 1 heterocycles. The highest BCUT2D eigenvalue weighted by Gasteiger charge is 2.60. The molecule has 1 aliphatic carbocycles. The number of ether oxygens (including phenoxy) is 1. The van der Waals surface area contributed by atoms with E-state index in [0.717, 1.165) is 6.92 Å². The maximum Gasteiger partial charge on any atom is 0.350 e. The quantitative estimate of drug-likeness (QED) is 0.309. The molecule has 0 aromatic heterocycles. The standard InChI is InChI=1S/C14H20N2O8/c1-4(15)11(20)16-10-8-7(5(17)3-6(18)9(8)19)12(21)24-14(10,2)13(22)23/h4,6,8-10,17-19H,3,15H2,1-2H3,(H,16,20)(H,22,23)/t4?,6-,8+,9+,10-,14+/m1/s1. The zero-order chi connectivity index (χ0) is 18.4. The van der Waals surface area contributed by atoms with Gasteiger partial charge in [0.15, 0.2) is 0 Å². The molecule has 1 saturated heterocycles. The summed E-state index contributed by atoms with van der Waals surface area (Å²) in [4.78, 5) is 35.7. The van der Waals surface area contributed by atoms with Gasteiger partial charge in [-0.05, 0) is 13.8 Å². The molecule has 1 fully saturated rings. The summed E-state index contributed by atoms with van der Waals surface area (Å²) in [5, 5.41) is 41.9. The number of fused-ring (bicyclic) bond motifs is 1. The molecular weight excluding hydrogens is 324 g/mol. The molecule has 10 heteroatoms. The number of cyclic esters (lactones) is 1. The Morgan fingerprint density at radius 1 is 1.42 bits per heavy atom. The number of aliphatic hydroxyl groups is 3. The van der Waals surface area contributed by atoms with E-state index >= 15 is 0 Å². The zero-order valence-corrected chi connectivity index (χ0v) is 13.1. The number of carboxylic acids is 1. The number of rotatable bonds is 3. The van der Waals surface area contributed by atoms with Crippen LogP contribution in [0.4, 0.5) is 0 Å². The van der Waals surface area contributed by atoms with Crippen LogP contribution in [0, 0.1) is 5.92 Å². The lowest BCUT2D eigenvalue weighted by molar-refractivity contribution is -0.191. The van der Waals surface area contributed by atoms with Crippen LogP contribution in [0.25, 0.3) is 0 Å². The molecule has 0 spiro atoms. The van der Waals surface area contributed by atoms with E-state index in [9.17, 15) is 34.8 Å². The van der Waals surface area contributed by atoms with Gasteiger partial charge in [-0.15, -0.1) is 0 Å². The Bertz CT molecular complexity index is 616. The molecule has 0 saturated carbocycles. The number of hydrogen-bond acceptors (Lipinski definition) is 8. The average Bonchev–Trinajstić information content (AvgIpc) is 2.46. The van der Waals surface area contributed by atoms with Gasteiger partial charge < -0.3 is 36.2 Å². The van der Waals surface area contributed by atoms with Crippen LogP contribution in [0.3, 0.4) is 0 Å². The van der Waals surface area contributed by atoms with Gasteiger partial charge in [-0.25, -0.2) is 9.59 Å². The van der Waals surface area contributed by atoms with Gasteiger partial charge in [0.2, 0.25) is 11.5 Å². The second-order valence-corrected chi connectivity index (χ2v) is 6.22. The van der Waals surface area contributed by atoms with Gasteiger partial charge in [0, 0.05) is 12.3 Å². The second kappa shape index (κ2) is 6.04. The number of carbonyl (C=O) groups excluding carboxylic acids is 2. The second-order valence-electron chi connectivity index (χ2n) is 6.22. The fourth-order valence-electron chi connectivity index (χ4n) is 2.99. The Balaban J connectivity index is 2.57. The molecule has 0 aromatic carbocycles. The summed E-state index contributed by atoms with van der Waals surface area (Å²) < 4.78 is 4.95. The average molecular weight is 344 g/mol. The van der Waals surface area contributed by atoms with Gasteiger partial charge in [-0.3, -0.25) is 4.79 Å². The minimum atomic E-state index is -2.21. The molecule has 2 aliphatic rings. The Kier molecular flexibility index (Phi) is 4.57. The first-order valence-corrected chi connectivity index (χ1v) is 7.31. The van der Waals surface area contributed by atoms with Crippen LogP contribution >= 0.6 is 0 Å². The number of carboxylic acid groups (broad SMARTS) is 1. The number of aliphatic carboxylic acids is 1. The number of nitrogens with two attached hydrogens (primary N) is 1. The SMILES string of the molecule is CC(N)C(=O)N[C@@H]1[C@H]2C(=C(O)C[C@@H](O)[C@@H]2O)C(=O)O[C@]1(C)C(=O)O. The summed E-state index contributed by atoms with van der Waals surface area (Å²) >= 11 is 0. The molecule has 0 radical (unpaired) electrons. The minimum Gasteiger partial charge on any atom is -0.512 e. The molecule has 24 heavy (non-hydrogen) atoms. The zero-order valence-electron chi connectivity index (χ0n) is 13.1. The predicted octanol–water partition coefficient (Wildman–Crippen LogP) is -2.23. The van der Waals surface area contributed by atoms with E-state index in [4.69, 9.17) is 10.5 Å². The van der Waals surface area contributed by atoms with Gasteiger partial charge in [0.1, 0.15) is 5.76 Å². The Morgan fingerprint density at radius 2 is 2.00 bits per heavy atom. The Hall–Kier alpha value is -2.17. The molecule has 10 nitrogen and oxygen atoms in total. The molecule has 1 amide bonds. The maximum atomic E-state index is 12.1. The fraction of sp³-hybridized carbons (Fsp3) is 0.643. The molecule has 6 atom stereocenters. The summed E-state index contributed by atoms with van der Waals surface area (Å²) in [5.74, 6) is -5.30. The van der Waals surface area contributed by atoms with Crippen molar-refractivity contribution in [1.29, 1.82) is 0 Å². The molecular formula is C14H20N2O8. The molecule has 0 bridgehead atoms. The molecule has 7 N–H and O–H groups in total. The highest BCUT2D eigenvalue weighted by molar-refractivity contribution is 5.96. The van der Waals surface area contributed by atoms with Crippen LogP contribution in [0.5, 0.6) is 0 Å². The van der Waals surface area contributed by atoms with Crippen LogP contribution in [0.1, 0.15) is 20.3 Å². The van der Waals surface area contributed by atoms with Gasteiger partial charge in [0.05, 0.1) is 29.9 Å². The van der Waals surface area contributed by atoms with E-state index in [1.54, 1.807) is 0 Å². The van der Waals surface area contributed by atoms with E-state index in [2.05, 4.69) is 5.32 Å². The lowest BCUT2D eigenvalue weighted by Gasteiger charge is -2.47. The number of carbonyl (C=O) groups is 3. The van der Waals surface area contributed by atoms with E-state index in [-0.39, 0.29) is 12.0 Å². The van der Waals surface area contributed by atoms with Gasteiger partial charge in [-0.2, -0.15) is 0 Å². The number of amides is 1. The van der Waals surface area contributed by atoms with Crippen molar-refractivity contribution >= 4 is 17.8 Å². The minimum absolute atomic E-state index is 0.360. The summed E-state index contributed by atoms with van der Waals surface area (Å²) in [6.45, 7) is 2.42. The van der Waals surface area contributed by atoms with Crippen molar-refractivity contribution in [2.24, 2.45) is 11.7 Å². The first kappa shape index (κ1) is 18.2.